The van der Waals surface area contributed by atoms with Gasteiger partial charge in [0, 0.05) is 20.3 Å². The van der Waals surface area contributed by atoms with Gasteiger partial charge >= 0.3 is 0 Å². The molecule has 1 aliphatic rings. The van der Waals surface area contributed by atoms with Crippen LogP contribution in [0, 0.1) is 17.5 Å². The van der Waals surface area contributed by atoms with Crippen LogP contribution in [0.25, 0.3) is 0 Å². The first-order valence-electron chi connectivity index (χ1n) is 10.1. The Bertz CT molecular complexity index is 849. The quantitative estimate of drug-likeness (QED) is 0.318. The van der Waals surface area contributed by atoms with Gasteiger partial charge in [-0.1, -0.05) is 0 Å². The van der Waals surface area contributed by atoms with E-state index in [1.807, 2.05) is 0 Å². The third-order valence-corrected chi connectivity index (χ3v) is 5.12. The van der Waals surface area contributed by atoms with Gasteiger partial charge in [-0.05, 0) is 66.6 Å². The zero-order valence-electron chi connectivity index (χ0n) is 17.2. The van der Waals surface area contributed by atoms with Crippen LogP contribution in [-0.4, -0.2) is 41.4 Å². The second-order valence-electron chi connectivity index (χ2n) is 7.10. The van der Waals surface area contributed by atoms with E-state index >= 15 is 0 Å². The average molecular weight is 508 g/mol. The summed E-state index contributed by atoms with van der Waals surface area (Å²) in [6.45, 7) is 1.31. The van der Waals surface area contributed by atoms with Gasteiger partial charge in [0.25, 0.3) is 0 Å². The molecule has 2 aromatic rings. The number of hydrogen-bond acceptors (Lipinski definition) is 6. The highest BCUT2D eigenvalue weighted by Gasteiger charge is 2.25. The summed E-state index contributed by atoms with van der Waals surface area (Å²) in [5.74, 6) is -4.29. The number of nitrogens with zero attached hydrogens (tertiary/aromatic N) is 3. The van der Waals surface area contributed by atoms with Crippen molar-refractivity contribution in [2.75, 3.05) is 20.3 Å². The predicted octanol–water partition coefficient (Wildman–Crippen LogP) is 4.90. The van der Waals surface area contributed by atoms with Crippen LogP contribution in [0.3, 0.4) is 0 Å². The number of benzene rings is 1. The van der Waals surface area contributed by atoms with E-state index in [9.17, 15) is 13.2 Å². The molecular formula is C20H25BrF3N3O4. The maximum Gasteiger partial charge on any atom is 0.217 e. The Hall–Kier alpha value is -1.69. The maximum absolute atomic E-state index is 14.2. The number of rotatable bonds is 11. The van der Waals surface area contributed by atoms with Gasteiger partial charge in [0.2, 0.25) is 10.6 Å². The first-order chi connectivity index (χ1) is 15.0. The Kier molecular flexibility index (Phi) is 9.12. The number of hydrogen-bond donors (Lipinski definition) is 0. The predicted molar refractivity (Wildman–Crippen MR) is 108 cm³/mol. The first-order valence-corrected chi connectivity index (χ1v) is 10.9. The molecule has 1 fully saturated rings. The zero-order valence-corrected chi connectivity index (χ0v) is 18.7. The summed E-state index contributed by atoms with van der Waals surface area (Å²) in [5.41, 5.74) is 0. The van der Waals surface area contributed by atoms with Gasteiger partial charge in [0.05, 0.1) is 0 Å². The monoisotopic (exact) mass is 507 g/mol. The van der Waals surface area contributed by atoms with Gasteiger partial charge in [-0.2, -0.15) is 4.39 Å². The molecule has 31 heavy (non-hydrogen) atoms. The molecule has 172 valence electrons. The molecule has 0 radical (unpaired) electrons. The van der Waals surface area contributed by atoms with E-state index in [0.717, 1.165) is 31.4 Å². The van der Waals surface area contributed by atoms with Crippen molar-refractivity contribution in [3.63, 3.8) is 0 Å². The average Bonchev–Trinajstić information content (AvgIpc) is 3.13. The minimum Gasteiger partial charge on any atom is -0.479 e. The summed E-state index contributed by atoms with van der Waals surface area (Å²) in [6.07, 6.45) is 3.87. The molecule has 1 aromatic carbocycles. The minimum absolute atomic E-state index is 0.0934. The molecule has 1 saturated heterocycles. The molecule has 7 nitrogen and oxygen atoms in total. The fourth-order valence-electron chi connectivity index (χ4n) is 3.26. The van der Waals surface area contributed by atoms with Crippen molar-refractivity contribution in [1.82, 2.24) is 14.8 Å². The van der Waals surface area contributed by atoms with Crippen molar-refractivity contribution in [3.05, 3.63) is 40.1 Å². The van der Waals surface area contributed by atoms with E-state index in [-0.39, 0.29) is 13.0 Å². The van der Waals surface area contributed by atoms with Crippen LogP contribution >= 0.6 is 15.9 Å². The van der Waals surface area contributed by atoms with Crippen molar-refractivity contribution in [2.45, 2.75) is 57.6 Å². The van der Waals surface area contributed by atoms with E-state index in [0.29, 0.717) is 43.0 Å². The van der Waals surface area contributed by atoms with Crippen LogP contribution in [0.5, 0.6) is 5.75 Å². The summed E-state index contributed by atoms with van der Waals surface area (Å²) >= 11 is 3.21. The highest BCUT2D eigenvalue weighted by atomic mass is 79.9. The lowest BCUT2D eigenvalue weighted by atomic mass is 10.1. The molecule has 0 saturated carbocycles. The van der Waals surface area contributed by atoms with Crippen molar-refractivity contribution in [1.29, 1.82) is 0 Å². The molecule has 0 N–H and O–H groups in total. The molecule has 1 aromatic heterocycles. The number of methoxy groups -OCH3 is 1. The second kappa shape index (κ2) is 11.8. The number of unbranched alkanes of at least 4 members (excludes halogenated alkanes) is 1. The van der Waals surface area contributed by atoms with Gasteiger partial charge < -0.3 is 18.9 Å². The zero-order chi connectivity index (χ0) is 22.2. The smallest absolute Gasteiger partial charge is 0.217 e. The molecule has 0 spiro atoms. The lowest BCUT2D eigenvalue weighted by Crippen LogP contribution is -2.22. The minimum atomic E-state index is -1.59. The second-order valence-corrected chi connectivity index (χ2v) is 7.81. The Morgan fingerprint density at radius 3 is 2.81 bits per heavy atom. The van der Waals surface area contributed by atoms with E-state index < -0.39 is 29.3 Å². The normalized spacial score (nSPS) is 17.6. The van der Waals surface area contributed by atoms with E-state index in [1.54, 1.807) is 0 Å². The lowest BCUT2D eigenvalue weighted by molar-refractivity contribution is -0.162. The highest BCUT2D eigenvalue weighted by Crippen LogP contribution is 2.30. The topological polar surface area (TPSA) is 67.6 Å². The highest BCUT2D eigenvalue weighted by molar-refractivity contribution is 9.10. The summed E-state index contributed by atoms with van der Waals surface area (Å²) in [4.78, 5) is 4.29. The summed E-state index contributed by atoms with van der Waals surface area (Å²) < 4.78 is 65.0. The molecule has 0 bridgehead atoms. The fraction of sp³-hybridized carbons (Fsp3) is 0.600. The van der Waals surface area contributed by atoms with Crippen LogP contribution in [0.15, 0.2) is 16.9 Å². The van der Waals surface area contributed by atoms with Gasteiger partial charge in [0.15, 0.2) is 35.6 Å². The van der Waals surface area contributed by atoms with E-state index in [4.69, 9.17) is 18.9 Å². The molecule has 0 aliphatic carbocycles. The van der Waals surface area contributed by atoms with Gasteiger partial charge in [0.1, 0.15) is 6.73 Å². The molecule has 3 rings (SSSR count). The molecule has 11 heteroatoms. The largest absolute Gasteiger partial charge is 0.479 e. The van der Waals surface area contributed by atoms with Crippen molar-refractivity contribution in [3.8, 4) is 5.75 Å². The summed E-state index contributed by atoms with van der Waals surface area (Å²) in [7, 11) is 1.49. The van der Waals surface area contributed by atoms with E-state index in [2.05, 4.69) is 26.0 Å². The Labute approximate surface area is 187 Å². The van der Waals surface area contributed by atoms with Gasteiger partial charge in [-0.3, -0.25) is 0 Å². The number of halogens is 4. The lowest BCUT2D eigenvalue weighted by Gasteiger charge is -2.23. The first kappa shape index (κ1) is 24.0. The van der Waals surface area contributed by atoms with Crippen LogP contribution in [0.4, 0.5) is 13.2 Å². The molecule has 2 atom stereocenters. The van der Waals surface area contributed by atoms with Crippen LogP contribution < -0.4 is 4.74 Å². The molecule has 2 unspecified atom stereocenters. The Morgan fingerprint density at radius 2 is 2.06 bits per heavy atom. The Morgan fingerprint density at radius 1 is 1.23 bits per heavy atom. The van der Waals surface area contributed by atoms with Crippen molar-refractivity contribution < 1.29 is 32.1 Å². The maximum atomic E-state index is 14.2. The molecule has 2 heterocycles. The number of aromatic nitrogens is 3. The van der Waals surface area contributed by atoms with E-state index in [1.165, 1.54) is 11.8 Å². The van der Waals surface area contributed by atoms with Crippen LogP contribution in [0.1, 0.15) is 50.5 Å². The third kappa shape index (κ3) is 6.64. The van der Waals surface area contributed by atoms with Gasteiger partial charge in [-0.15, -0.1) is 5.10 Å². The molecule has 0 amide bonds. The fourth-order valence-corrected chi connectivity index (χ4v) is 3.64. The van der Waals surface area contributed by atoms with Crippen molar-refractivity contribution in [2.24, 2.45) is 0 Å². The molecule has 1 aliphatic heterocycles. The van der Waals surface area contributed by atoms with Crippen molar-refractivity contribution >= 4 is 15.9 Å². The van der Waals surface area contributed by atoms with Crippen LogP contribution in [-0.2, 0) is 20.9 Å². The summed E-state index contributed by atoms with van der Waals surface area (Å²) in [6, 6.07) is 1.87. The van der Waals surface area contributed by atoms with Gasteiger partial charge in [-0.25, -0.2) is 18.4 Å². The molecular weight excluding hydrogens is 483 g/mol. The SMILES string of the molecule is COCn1nc(Br)nc1C(CCCCOC1CCCCO1)Oc1ccc(F)c(F)c1F. The van der Waals surface area contributed by atoms with Crippen LogP contribution in [0.2, 0.25) is 0 Å². The summed E-state index contributed by atoms with van der Waals surface area (Å²) in [5, 5.41) is 4.17. The number of ether oxygens (including phenoxy) is 4. The Balaban J connectivity index is 1.67. The standard InChI is InChI=1S/C20H25BrF3N3O4/c1-28-12-27-19(25-20(21)26-27)15(31-14-9-8-13(22)17(23)18(14)24)6-2-4-10-29-16-7-3-5-11-30-16/h8-9,15-16H,2-7,10-12H2,1H3. The third-order valence-electron chi connectivity index (χ3n) is 4.79.